The van der Waals surface area contributed by atoms with Crippen molar-refractivity contribution in [2.75, 3.05) is 0 Å². The Kier molecular flexibility index (Phi) is 4.05. The molecule has 0 aliphatic heterocycles. The molecule has 0 heterocycles. The Balaban J connectivity index is 2.35. The van der Waals surface area contributed by atoms with Gasteiger partial charge in [-0.05, 0) is 38.5 Å². The minimum Gasteiger partial charge on any atom is -0.0777 e. The molecule has 19 heavy (non-hydrogen) atoms. The summed E-state index contributed by atoms with van der Waals surface area (Å²) in [6.07, 6.45) is 12.5. The zero-order valence-corrected chi connectivity index (χ0v) is 14.4. The standard InChI is InChI=1S/C18H28Si/c1-7-15-9-13(3)17(11-15)19(5,6)18-12-16(8-2)10-14(18)4/h9-12,15-16H,7-8H2,1-6H3. The van der Waals surface area contributed by atoms with Crippen LogP contribution in [0, 0.1) is 11.8 Å². The first kappa shape index (κ1) is 14.6. The smallest absolute Gasteiger partial charge is 0.0777 e. The highest BCUT2D eigenvalue weighted by atomic mass is 28.3. The first-order valence-electron chi connectivity index (χ1n) is 7.72. The van der Waals surface area contributed by atoms with Crippen LogP contribution < -0.4 is 0 Å². The van der Waals surface area contributed by atoms with E-state index in [0.29, 0.717) is 11.8 Å². The Bertz CT molecular complexity index is 442. The van der Waals surface area contributed by atoms with Crippen molar-refractivity contribution >= 4 is 8.07 Å². The van der Waals surface area contributed by atoms with Gasteiger partial charge in [-0.2, -0.15) is 0 Å². The van der Waals surface area contributed by atoms with Crippen LogP contribution in [0.5, 0.6) is 0 Å². The molecule has 0 nitrogen and oxygen atoms in total. The molecule has 2 aliphatic carbocycles. The van der Waals surface area contributed by atoms with Gasteiger partial charge < -0.3 is 0 Å². The van der Waals surface area contributed by atoms with E-state index < -0.39 is 8.07 Å². The number of allylic oxidation sites excluding steroid dienone is 8. The molecule has 1 heteroatoms. The second-order valence-electron chi connectivity index (χ2n) is 6.63. The molecule has 0 spiro atoms. The maximum absolute atomic E-state index is 2.55. The molecule has 0 N–H and O–H groups in total. The minimum atomic E-state index is -1.49. The predicted octanol–water partition coefficient (Wildman–Crippen LogP) is 5.60. The fourth-order valence-electron chi connectivity index (χ4n) is 3.63. The molecule has 0 aromatic heterocycles. The molecule has 0 aromatic carbocycles. The van der Waals surface area contributed by atoms with Gasteiger partial charge in [0.05, 0.1) is 0 Å². The van der Waals surface area contributed by atoms with Crippen molar-refractivity contribution in [2.24, 2.45) is 11.8 Å². The lowest BCUT2D eigenvalue weighted by Gasteiger charge is -2.28. The third kappa shape index (κ3) is 2.58. The van der Waals surface area contributed by atoms with Crippen molar-refractivity contribution in [1.82, 2.24) is 0 Å². The molecule has 0 fully saturated rings. The van der Waals surface area contributed by atoms with Gasteiger partial charge in [0.15, 0.2) is 0 Å². The fraction of sp³-hybridized carbons (Fsp3) is 0.556. The van der Waals surface area contributed by atoms with Crippen molar-refractivity contribution in [1.29, 1.82) is 0 Å². The maximum atomic E-state index is 2.55. The minimum absolute atomic E-state index is 0.676. The van der Waals surface area contributed by atoms with Crippen LogP contribution in [0.4, 0.5) is 0 Å². The van der Waals surface area contributed by atoms with Gasteiger partial charge in [-0.15, -0.1) is 0 Å². The molecule has 0 aromatic rings. The van der Waals surface area contributed by atoms with Gasteiger partial charge in [0.2, 0.25) is 0 Å². The Morgan fingerprint density at radius 3 is 1.42 bits per heavy atom. The molecule has 0 saturated carbocycles. The number of hydrogen-bond acceptors (Lipinski definition) is 0. The van der Waals surface area contributed by atoms with Crippen molar-refractivity contribution in [3.63, 3.8) is 0 Å². The molecule has 2 atom stereocenters. The Morgan fingerprint density at radius 2 is 1.16 bits per heavy atom. The van der Waals surface area contributed by atoms with E-state index in [0.717, 1.165) is 0 Å². The molecule has 0 amide bonds. The molecule has 0 radical (unpaired) electrons. The molecular weight excluding hydrogens is 244 g/mol. The quantitative estimate of drug-likeness (QED) is 0.584. The zero-order valence-electron chi connectivity index (χ0n) is 13.4. The average molecular weight is 273 g/mol. The normalized spacial score (nSPS) is 27.1. The third-order valence-corrected chi connectivity index (χ3v) is 8.64. The molecular formula is C18H28Si. The summed E-state index contributed by atoms with van der Waals surface area (Å²) in [6.45, 7) is 14.2. The molecule has 2 rings (SSSR count). The van der Waals surface area contributed by atoms with E-state index in [1.54, 1.807) is 10.4 Å². The van der Waals surface area contributed by atoms with Gasteiger partial charge >= 0.3 is 0 Å². The van der Waals surface area contributed by atoms with Crippen LogP contribution in [-0.2, 0) is 0 Å². The zero-order chi connectivity index (χ0) is 14.2. The van der Waals surface area contributed by atoms with E-state index in [-0.39, 0.29) is 0 Å². The number of rotatable bonds is 4. The Morgan fingerprint density at radius 1 is 0.789 bits per heavy atom. The van der Waals surface area contributed by atoms with Crippen LogP contribution in [0.1, 0.15) is 40.5 Å². The Labute approximate surface area is 120 Å². The molecule has 0 bridgehead atoms. The highest BCUT2D eigenvalue weighted by Crippen LogP contribution is 2.41. The molecule has 104 valence electrons. The topological polar surface area (TPSA) is 0 Å². The van der Waals surface area contributed by atoms with Crippen molar-refractivity contribution < 1.29 is 0 Å². The van der Waals surface area contributed by atoms with Crippen LogP contribution in [0.25, 0.3) is 0 Å². The summed E-state index contributed by atoms with van der Waals surface area (Å²) in [7, 11) is -1.49. The second-order valence-corrected chi connectivity index (χ2v) is 11.0. The van der Waals surface area contributed by atoms with Crippen molar-refractivity contribution in [2.45, 2.75) is 53.6 Å². The van der Waals surface area contributed by atoms with Crippen LogP contribution in [0.3, 0.4) is 0 Å². The lowest BCUT2D eigenvalue weighted by Crippen LogP contribution is -2.32. The molecule has 2 unspecified atom stereocenters. The third-order valence-electron chi connectivity index (χ3n) is 4.83. The van der Waals surface area contributed by atoms with Gasteiger partial charge in [-0.25, -0.2) is 0 Å². The first-order valence-corrected chi connectivity index (χ1v) is 10.7. The highest BCUT2D eigenvalue weighted by Gasteiger charge is 2.36. The largest absolute Gasteiger partial charge is 0.112 e. The van der Waals surface area contributed by atoms with Crippen molar-refractivity contribution in [3.8, 4) is 0 Å². The predicted molar refractivity (Wildman–Crippen MR) is 88.7 cm³/mol. The summed E-state index contributed by atoms with van der Waals surface area (Å²) >= 11 is 0. The second kappa shape index (κ2) is 5.28. The van der Waals surface area contributed by atoms with Crippen LogP contribution >= 0.6 is 0 Å². The van der Waals surface area contributed by atoms with E-state index in [4.69, 9.17) is 0 Å². The van der Waals surface area contributed by atoms with Gasteiger partial charge in [0.25, 0.3) is 0 Å². The van der Waals surface area contributed by atoms with E-state index in [1.165, 1.54) is 24.0 Å². The van der Waals surface area contributed by atoms with Crippen LogP contribution in [0.15, 0.2) is 45.8 Å². The van der Waals surface area contributed by atoms with Gasteiger partial charge in [-0.1, -0.05) is 72.8 Å². The van der Waals surface area contributed by atoms with Gasteiger partial charge in [-0.3, -0.25) is 0 Å². The summed E-state index contributed by atoms with van der Waals surface area (Å²) in [5, 5.41) is 3.35. The highest BCUT2D eigenvalue weighted by molar-refractivity contribution is 6.92. The SMILES string of the molecule is CCC1C=C(C)C([Si](C)(C)C2=CC(CC)C=C2C)=C1. The summed E-state index contributed by atoms with van der Waals surface area (Å²) < 4.78 is 0. The van der Waals surface area contributed by atoms with E-state index in [1.807, 2.05) is 0 Å². The van der Waals surface area contributed by atoms with E-state index in [2.05, 4.69) is 65.1 Å². The maximum Gasteiger partial charge on any atom is 0.112 e. The van der Waals surface area contributed by atoms with E-state index >= 15 is 0 Å². The summed E-state index contributed by atoms with van der Waals surface area (Å²) in [5.41, 5.74) is 3.08. The van der Waals surface area contributed by atoms with Crippen LogP contribution in [-0.4, -0.2) is 8.07 Å². The lowest BCUT2D eigenvalue weighted by atomic mass is 10.1. The average Bonchev–Trinajstić information content (AvgIpc) is 2.92. The van der Waals surface area contributed by atoms with Gasteiger partial charge in [0, 0.05) is 0 Å². The summed E-state index contributed by atoms with van der Waals surface area (Å²) in [6, 6.07) is 0. The monoisotopic (exact) mass is 272 g/mol. The van der Waals surface area contributed by atoms with Gasteiger partial charge in [0.1, 0.15) is 8.07 Å². The first-order chi connectivity index (χ1) is 8.90. The summed E-state index contributed by atoms with van der Waals surface area (Å²) in [4.78, 5) is 0. The fourth-order valence-corrected chi connectivity index (χ4v) is 7.32. The van der Waals surface area contributed by atoms with E-state index in [9.17, 15) is 0 Å². The summed E-state index contributed by atoms with van der Waals surface area (Å²) in [5.74, 6) is 1.35. The van der Waals surface area contributed by atoms with Crippen molar-refractivity contribution in [3.05, 3.63) is 45.8 Å². The molecule has 0 saturated heterocycles. The lowest BCUT2D eigenvalue weighted by molar-refractivity contribution is 0.781. The van der Waals surface area contributed by atoms with Crippen LogP contribution in [0.2, 0.25) is 13.1 Å². The Hall–Kier alpha value is -0.823. The molecule has 2 aliphatic rings. The number of hydrogen-bond donors (Lipinski definition) is 0.